The molecule has 0 unspecified atom stereocenters. The third-order valence-electron chi connectivity index (χ3n) is 4.81. The van der Waals surface area contributed by atoms with E-state index in [1.165, 1.54) is 12.8 Å². The van der Waals surface area contributed by atoms with Gasteiger partial charge in [-0.1, -0.05) is 11.2 Å². The monoisotopic (exact) mass is 314 g/mol. The maximum atomic E-state index is 10.3. The summed E-state index contributed by atoms with van der Waals surface area (Å²) >= 11 is 0. The maximum absolute atomic E-state index is 10.3. The van der Waals surface area contributed by atoms with Crippen LogP contribution in [0, 0.1) is 0 Å². The number of aliphatic hydroxyl groups excluding tert-OH is 1. The fourth-order valence-electron chi connectivity index (χ4n) is 3.65. The lowest BCUT2D eigenvalue weighted by Crippen LogP contribution is -2.41. The second kappa shape index (κ2) is 6.39. The van der Waals surface area contributed by atoms with Gasteiger partial charge in [-0.2, -0.15) is 0 Å². The third-order valence-corrected chi connectivity index (χ3v) is 4.81. The average molecular weight is 314 g/mol. The van der Waals surface area contributed by atoms with Crippen LogP contribution in [0.4, 0.5) is 0 Å². The highest BCUT2D eigenvalue weighted by Crippen LogP contribution is 2.23. The van der Waals surface area contributed by atoms with Gasteiger partial charge in [-0.05, 0) is 38.1 Å². The van der Waals surface area contributed by atoms with Crippen molar-refractivity contribution in [2.75, 3.05) is 26.2 Å². The van der Waals surface area contributed by atoms with Crippen LogP contribution in [0.15, 0.2) is 35.0 Å². The van der Waals surface area contributed by atoms with Gasteiger partial charge < -0.3 is 9.63 Å². The maximum Gasteiger partial charge on any atom is 0.151 e. The molecule has 0 aromatic carbocycles. The van der Waals surface area contributed by atoms with Gasteiger partial charge in [0.1, 0.15) is 5.69 Å². The van der Waals surface area contributed by atoms with Gasteiger partial charge in [0.15, 0.2) is 5.76 Å². The standard InChI is InChI=1S/C17H22N4O2/c22-17-12-20(11-16(17)21-7-3-4-8-21)10-13-9-15(19-23-13)14-5-1-2-6-18-14/h1-2,5-6,9,16-17,22H,3-4,7-8,10-12H2/t16-,17-/m0/s1. The highest BCUT2D eigenvalue weighted by atomic mass is 16.5. The topological polar surface area (TPSA) is 65.6 Å². The van der Waals surface area contributed by atoms with Crippen molar-refractivity contribution in [3.05, 3.63) is 36.2 Å². The van der Waals surface area contributed by atoms with Crippen molar-refractivity contribution in [3.8, 4) is 11.4 Å². The summed E-state index contributed by atoms with van der Waals surface area (Å²) < 4.78 is 5.45. The Morgan fingerprint density at radius 3 is 2.83 bits per heavy atom. The summed E-state index contributed by atoms with van der Waals surface area (Å²) in [6.45, 7) is 4.49. The van der Waals surface area contributed by atoms with Crippen LogP contribution in [0.3, 0.4) is 0 Å². The zero-order valence-electron chi connectivity index (χ0n) is 13.1. The molecule has 2 aromatic heterocycles. The van der Waals surface area contributed by atoms with Gasteiger partial charge in [-0.15, -0.1) is 0 Å². The minimum absolute atomic E-state index is 0.260. The zero-order chi connectivity index (χ0) is 15.6. The van der Waals surface area contributed by atoms with E-state index in [0.717, 1.165) is 36.8 Å². The van der Waals surface area contributed by atoms with E-state index in [1.807, 2.05) is 24.3 Å². The normalized spacial score (nSPS) is 26.1. The number of pyridine rings is 1. The fourth-order valence-corrected chi connectivity index (χ4v) is 3.65. The number of hydrogen-bond donors (Lipinski definition) is 1. The number of likely N-dealkylation sites (tertiary alicyclic amines) is 2. The van der Waals surface area contributed by atoms with Crippen molar-refractivity contribution in [2.45, 2.75) is 31.5 Å². The van der Waals surface area contributed by atoms with Crippen molar-refractivity contribution in [1.29, 1.82) is 0 Å². The molecule has 6 heteroatoms. The Balaban J connectivity index is 1.40. The first-order chi connectivity index (χ1) is 11.3. The molecule has 2 aliphatic heterocycles. The molecular formula is C17H22N4O2. The van der Waals surface area contributed by atoms with Gasteiger partial charge in [0.05, 0.1) is 18.3 Å². The number of β-amino-alcohol motifs (C(OH)–C–C–N with tert-alkyl or cyclic N) is 1. The summed E-state index contributed by atoms with van der Waals surface area (Å²) in [7, 11) is 0. The molecule has 2 aliphatic rings. The minimum Gasteiger partial charge on any atom is -0.390 e. The Morgan fingerprint density at radius 2 is 2.04 bits per heavy atom. The van der Waals surface area contributed by atoms with Gasteiger partial charge in [-0.3, -0.25) is 14.8 Å². The Labute approximate surface area is 135 Å². The number of hydrogen-bond acceptors (Lipinski definition) is 6. The van der Waals surface area contributed by atoms with Crippen LogP contribution < -0.4 is 0 Å². The molecule has 6 nitrogen and oxygen atoms in total. The largest absolute Gasteiger partial charge is 0.390 e. The van der Waals surface area contributed by atoms with Crippen LogP contribution in [0.2, 0.25) is 0 Å². The molecule has 0 amide bonds. The molecule has 2 fully saturated rings. The summed E-state index contributed by atoms with van der Waals surface area (Å²) in [6, 6.07) is 7.95. The van der Waals surface area contributed by atoms with Crippen molar-refractivity contribution in [1.82, 2.24) is 19.9 Å². The van der Waals surface area contributed by atoms with Crippen LogP contribution in [-0.4, -0.2) is 63.4 Å². The SMILES string of the molecule is O[C@H]1CN(Cc2cc(-c3ccccn3)no2)C[C@@H]1N1CCCC1. The van der Waals surface area contributed by atoms with Crippen LogP contribution in [0.5, 0.6) is 0 Å². The second-order valence-electron chi connectivity index (χ2n) is 6.47. The van der Waals surface area contributed by atoms with E-state index in [4.69, 9.17) is 4.52 Å². The summed E-state index contributed by atoms with van der Waals surface area (Å²) in [6.07, 6.45) is 3.98. The summed E-state index contributed by atoms with van der Waals surface area (Å²) in [5.74, 6) is 0.819. The van der Waals surface area contributed by atoms with E-state index in [2.05, 4.69) is 19.9 Å². The van der Waals surface area contributed by atoms with E-state index >= 15 is 0 Å². The molecule has 0 saturated carbocycles. The van der Waals surface area contributed by atoms with E-state index in [0.29, 0.717) is 13.1 Å². The molecule has 0 aliphatic carbocycles. The first-order valence-electron chi connectivity index (χ1n) is 8.31. The van der Waals surface area contributed by atoms with Crippen molar-refractivity contribution >= 4 is 0 Å². The Hall–Kier alpha value is -1.76. The third kappa shape index (κ3) is 3.15. The lowest BCUT2D eigenvalue weighted by atomic mass is 10.2. The zero-order valence-corrected chi connectivity index (χ0v) is 13.1. The van der Waals surface area contributed by atoms with Crippen molar-refractivity contribution in [2.24, 2.45) is 0 Å². The van der Waals surface area contributed by atoms with Gasteiger partial charge in [0.25, 0.3) is 0 Å². The molecule has 4 heterocycles. The highest BCUT2D eigenvalue weighted by molar-refractivity contribution is 5.52. The summed E-state index contributed by atoms with van der Waals surface area (Å²) in [5, 5.41) is 14.4. The van der Waals surface area contributed by atoms with Gasteiger partial charge in [0, 0.05) is 31.4 Å². The van der Waals surface area contributed by atoms with Gasteiger partial charge in [0.2, 0.25) is 0 Å². The molecule has 4 rings (SSSR count). The smallest absolute Gasteiger partial charge is 0.151 e. The molecule has 2 atom stereocenters. The number of rotatable bonds is 4. The molecule has 0 spiro atoms. The van der Waals surface area contributed by atoms with E-state index in [-0.39, 0.29) is 12.1 Å². The molecule has 2 aromatic rings. The van der Waals surface area contributed by atoms with E-state index in [9.17, 15) is 5.11 Å². The summed E-state index contributed by atoms with van der Waals surface area (Å²) in [5.41, 5.74) is 1.58. The van der Waals surface area contributed by atoms with Gasteiger partial charge in [-0.25, -0.2) is 0 Å². The Kier molecular flexibility index (Phi) is 4.11. The number of aliphatic hydroxyl groups is 1. The predicted octanol–water partition coefficient (Wildman–Crippen LogP) is 1.38. The van der Waals surface area contributed by atoms with Crippen LogP contribution in [-0.2, 0) is 6.54 Å². The minimum atomic E-state index is -0.272. The van der Waals surface area contributed by atoms with Crippen LogP contribution in [0.1, 0.15) is 18.6 Å². The quantitative estimate of drug-likeness (QED) is 0.920. The number of nitrogens with zero attached hydrogens (tertiary/aromatic N) is 4. The number of aromatic nitrogens is 2. The van der Waals surface area contributed by atoms with Crippen LogP contribution in [0.25, 0.3) is 11.4 Å². The average Bonchev–Trinajstić information content (AvgIpc) is 3.30. The van der Waals surface area contributed by atoms with Crippen molar-refractivity contribution in [3.63, 3.8) is 0 Å². The first kappa shape index (κ1) is 14.8. The molecule has 0 bridgehead atoms. The lowest BCUT2D eigenvalue weighted by molar-refractivity contribution is 0.0977. The van der Waals surface area contributed by atoms with Crippen LogP contribution >= 0.6 is 0 Å². The molecule has 0 radical (unpaired) electrons. The second-order valence-corrected chi connectivity index (χ2v) is 6.47. The van der Waals surface area contributed by atoms with E-state index < -0.39 is 0 Å². The van der Waals surface area contributed by atoms with Crippen molar-refractivity contribution < 1.29 is 9.63 Å². The molecule has 23 heavy (non-hydrogen) atoms. The lowest BCUT2D eigenvalue weighted by Gasteiger charge is -2.25. The summed E-state index contributed by atoms with van der Waals surface area (Å²) in [4.78, 5) is 8.96. The molecular weight excluding hydrogens is 292 g/mol. The highest BCUT2D eigenvalue weighted by Gasteiger charge is 2.36. The van der Waals surface area contributed by atoms with E-state index in [1.54, 1.807) is 6.20 Å². The molecule has 122 valence electrons. The predicted molar refractivity (Wildman–Crippen MR) is 85.6 cm³/mol. The Morgan fingerprint density at radius 1 is 1.17 bits per heavy atom. The Bertz CT molecular complexity index is 639. The first-order valence-corrected chi connectivity index (χ1v) is 8.31. The molecule has 2 saturated heterocycles. The fraction of sp³-hybridized carbons (Fsp3) is 0.529. The van der Waals surface area contributed by atoms with Gasteiger partial charge >= 0.3 is 0 Å². The molecule has 1 N–H and O–H groups in total.